The van der Waals surface area contributed by atoms with Gasteiger partial charge in [-0.1, -0.05) is 23.4 Å². The van der Waals surface area contributed by atoms with Gasteiger partial charge in [0.25, 0.3) is 17.5 Å². The Hall–Kier alpha value is -4.08. The van der Waals surface area contributed by atoms with E-state index in [0.29, 0.717) is 22.6 Å². The quantitative estimate of drug-likeness (QED) is 0.476. The number of non-ortho nitro benzene ring substituents is 1. The van der Waals surface area contributed by atoms with Gasteiger partial charge < -0.3 is 10.6 Å². The van der Waals surface area contributed by atoms with Gasteiger partial charge in [-0.2, -0.15) is 0 Å². The van der Waals surface area contributed by atoms with Gasteiger partial charge in [0.05, 0.1) is 27.6 Å². The third-order valence-electron chi connectivity index (χ3n) is 4.23. The Balaban J connectivity index is 1.88. The molecule has 1 heterocycles. The second kappa shape index (κ2) is 8.52. The molecule has 2 amide bonds. The highest BCUT2D eigenvalue weighted by Crippen LogP contribution is 2.20. The third-order valence-corrected chi connectivity index (χ3v) is 4.23. The molecule has 0 atom stereocenters. The summed E-state index contributed by atoms with van der Waals surface area (Å²) in [5.41, 5.74) is 1.41. The predicted molar refractivity (Wildman–Crippen MR) is 110 cm³/mol. The molecular formula is C20H20N6O4. The molecule has 0 saturated carbocycles. The van der Waals surface area contributed by atoms with Crippen LogP contribution in [-0.2, 0) is 0 Å². The first kappa shape index (κ1) is 20.6. The lowest BCUT2D eigenvalue weighted by atomic mass is 10.1. The molecule has 0 spiro atoms. The van der Waals surface area contributed by atoms with E-state index in [2.05, 4.69) is 20.9 Å². The molecule has 2 aromatic carbocycles. The van der Waals surface area contributed by atoms with E-state index in [9.17, 15) is 19.7 Å². The highest BCUT2D eigenvalue weighted by molar-refractivity contribution is 6.08. The van der Waals surface area contributed by atoms with Gasteiger partial charge in [-0.15, -0.1) is 5.10 Å². The maximum Gasteiger partial charge on any atom is 0.278 e. The van der Waals surface area contributed by atoms with Crippen LogP contribution in [0.15, 0.2) is 48.5 Å². The number of hydrogen-bond acceptors (Lipinski definition) is 6. The number of carbonyl (C=O) groups is 2. The first-order valence-electron chi connectivity index (χ1n) is 9.16. The van der Waals surface area contributed by atoms with Gasteiger partial charge >= 0.3 is 0 Å². The molecule has 0 unspecified atom stereocenters. The number of nitro benzene ring substituents is 1. The van der Waals surface area contributed by atoms with Crippen LogP contribution in [-0.4, -0.2) is 37.8 Å². The third kappa shape index (κ3) is 4.32. The average Bonchev–Trinajstić information content (AvgIpc) is 3.09. The van der Waals surface area contributed by atoms with Gasteiger partial charge in [-0.05, 0) is 39.0 Å². The van der Waals surface area contributed by atoms with Gasteiger partial charge in [0, 0.05) is 18.2 Å². The van der Waals surface area contributed by atoms with E-state index in [0.717, 1.165) is 0 Å². The Morgan fingerprint density at radius 2 is 1.83 bits per heavy atom. The van der Waals surface area contributed by atoms with E-state index < -0.39 is 10.8 Å². The minimum absolute atomic E-state index is 0.0422. The van der Waals surface area contributed by atoms with Crippen LogP contribution < -0.4 is 10.6 Å². The van der Waals surface area contributed by atoms with Gasteiger partial charge in [-0.25, -0.2) is 4.68 Å². The van der Waals surface area contributed by atoms with Gasteiger partial charge in [-0.3, -0.25) is 19.7 Å². The zero-order valence-corrected chi connectivity index (χ0v) is 16.6. The van der Waals surface area contributed by atoms with Crippen LogP contribution >= 0.6 is 0 Å². The van der Waals surface area contributed by atoms with Crippen LogP contribution in [0.2, 0.25) is 0 Å². The van der Waals surface area contributed by atoms with Crippen molar-refractivity contribution < 1.29 is 14.5 Å². The highest BCUT2D eigenvalue weighted by Gasteiger charge is 2.21. The van der Waals surface area contributed by atoms with Crippen LogP contribution in [0.1, 0.15) is 40.4 Å². The standard InChI is InChI=1S/C20H20N6O4/c1-12(2)21-19(27)16-9-4-5-10-17(16)22-20(28)18-13(3)25(24-23-18)14-7-6-8-15(11-14)26(29)30/h4-12H,1-3H3,(H,21,27)(H,22,28). The van der Waals surface area contributed by atoms with Crippen LogP contribution in [0.3, 0.4) is 0 Å². The maximum atomic E-state index is 12.8. The number of amides is 2. The minimum atomic E-state index is -0.547. The molecule has 154 valence electrons. The van der Waals surface area contributed by atoms with Crippen molar-refractivity contribution in [2.75, 3.05) is 5.32 Å². The number of para-hydroxylation sites is 1. The van der Waals surface area contributed by atoms with Crippen LogP contribution in [0.4, 0.5) is 11.4 Å². The normalized spacial score (nSPS) is 10.7. The van der Waals surface area contributed by atoms with Crippen molar-refractivity contribution in [1.29, 1.82) is 0 Å². The first-order valence-corrected chi connectivity index (χ1v) is 9.16. The Morgan fingerprint density at radius 1 is 1.10 bits per heavy atom. The summed E-state index contributed by atoms with van der Waals surface area (Å²) in [5.74, 6) is -0.855. The number of anilines is 1. The summed E-state index contributed by atoms with van der Waals surface area (Å²) in [7, 11) is 0. The average molecular weight is 408 g/mol. The number of nitrogens with one attached hydrogen (secondary N) is 2. The molecule has 0 radical (unpaired) electrons. The summed E-state index contributed by atoms with van der Waals surface area (Å²) in [5, 5.41) is 24.3. The molecule has 3 rings (SSSR count). The molecular weight excluding hydrogens is 388 g/mol. The zero-order valence-electron chi connectivity index (χ0n) is 16.6. The van der Waals surface area contributed by atoms with Gasteiger partial charge in [0.15, 0.2) is 5.69 Å². The summed E-state index contributed by atoms with van der Waals surface area (Å²) in [4.78, 5) is 35.7. The van der Waals surface area contributed by atoms with Crippen LogP contribution in [0.25, 0.3) is 5.69 Å². The number of nitrogens with zero attached hydrogens (tertiary/aromatic N) is 4. The molecule has 0 aliphatic carbocycles. The lowest BCUT2D eigenvalue weighted by Crippen LogP contribution is -2.31. The molecule has 0 bridgehead atoms. The Kier molecular flexibility index (Phi) is 5.86. The first-order chi connectivity index (χ1) is 14.3. The molecule has 0 aliphatic heterocycles. The van der Waals surface area contributed by atoms with E-state index in [1.165, 1.54) is 22.9 Å². The van der Waals surface area contributed by atoms with Gasteiger partial charge in [0.1, 0.15) is 0 Å². The van der Waals surface area contributed by atoms with E-state index in [-0.39, 0.29) is 23.3 Å². The number of carbonyl (C=O) groups excluding carboxylic acids is 2. The fourth-order valence-corrected chi connectivity index (χ4v) is 2.83. The van der Waals surface area contributed by atoms with E-state index in [1.807, 2.05) is 13.8 Å². The second-order valence-electron chi connectivity index (χ2n) is 6.84. The monoisotopic (exact) mass is 408 g/mol. The summed E-state index contributed by atoms with van der Waals surface area (Å²) >= 11 is 0. The maximum absolute atomic E-state index is 12.8. The van der Waals surface area contributed by atoms with Gasteiger partial charge in [0.2, 0.25) is 0 Å². The van der Waals surface area contributed by atoms with Crippen molar-refractivity contribution in [2.45, 2.75) is 26.8 Å². The molecule has 0 aliphatic rings. The fraction of sp³-hybridized carbons (Fsp3) is 0.200. The fourth-order valence-electron chi connectivity index (χ4n) is 2.83. The predicted octanol–water partition coefficient (Wildman–Crippen LogP) is 2.87. The molecule has 30 heavy (non-hydrogen) atoms. The van der Waals surface area contributed by atoms with Crippen molar-refractivity contribution in [1.82, 2.24) is 20.3 Å². The molecule has 2 N–H and O–H groups in total. The van der Waals surface area contributed by atoms with Crippen molar-refractivity contribution in [3.05, 3.63) is 75.6 Å². The topological polar surface area (TPSA) is 132 Å². The molecule has 1 aromatic heterocycles. The second-order valence-corrected chi connectivity index (χ2v) is 6.84. The molecule has 10 nitrogen and oxygen atoms in total. The smallest absolute Gasteiger partial charge is 0.278 e. The van der Waals surface area contributed by atoms with E-state index in [4.69, 9.17) is 0 Å². The number of hydrogen-bond donors (Lipinski definition) is 2. The lowest BCUT2D eigenvalue weighted by Gasteiger charge is -2.12. The summed E-state index contributed by atoms with van der Waals surface area (Å²) in [6.07, 6.45) is 0. The Labute approximate surface area is 172 Å². The zero-order chi connectivity index (χ0) is 21.8. The van der Waals surface area contributed by atoms with Crippen LogP contribution in [0.5, 0.6) is 0 Å². The molecule has 0 fully saturated rings. The number of rotatable bonds is 6. The van der Waals surface area contributed by atoms with E-state index >= 15 is 0 Å². The van der Waals surface area contributed by atoms with Crippen molar-refractivity contribution >= 4 is 23.2 Å². The Morgan fingerprint density at radius 3 is 2.53 bits per heavy atom. The van der Waals surface area contributed by atoms with E-state index in [1.54, 1.807) is 37.3 Å². The SMILES string of the molecule is Cc1c(C(=O)Nc2ccccc2C(=O)NC(C)C)nnn1-c1cccc([N+](=O)[O-])c1. The van der Waals surface area contributed by atoms with Crippen molar-refractivity contribution in [3.8, 4) is 5.69 Å². The lowest BCUT2D eigenvalue weighted by molar-refractivity contribution is -0.384. The largest absolute Gasteiger partial charge is 0.350 e. The number of nitro groups is 1. The highest BCUT2D eigenvalue weighted by atomic mass is 16.6. The summed E-state index contributed by atoms with van der Waals surface area (Å²) in [6.45, 7) is 5.31. The molecule has 10 heteroatoms. The van der Waals surface area contributed by atoms with Crippen molar-refractivity contribution in [2.24, 2.45) is 0 Å². The molecule has 0 saturated heterocycles. The summed E-state index contributed by atoms with van der Waals surface area (Å²) < 4.78 is 1.35. The van der Waals surface area contributed by atoms with Crippen LogP contribution in [0, 0.1) is 17.0 Å². The number of aromatic nitrogens is 3. The molecule has 3 aromatic rings. The minimum Gasteiger partial charge on any atom is -0.350 e. The van der Waals surface area contributed by atoms with Crippen molar-refractivity contribution in [3.63, 3.8) is 0 Å². The summed E-state index contributed by atoms with van der Waals surface area (Å²) in [6, 6.07) is 12.4. The Bertz CT molecular complexity index is 1120. The number of benzene rings is 2.